The molecule has 1 aliphatic carbocycles. The van der Waals surface area contributed by atoms with E-state index in [9.17, 15) is 9.59 Å². The predicted molar refractivity (Wildman–Crippen MR) is 85.2 cm³/mol. The molecule has 6 nitrogen and oxygen atoms in total. The van der Waals surface area contributed by atoms with E-state index in [4.69, 9.17) is 9.15 Å². The van der Waals surface area contributed by atoms with Crippen molar-refractivity contribution in [3.05, 3.63) is 23.6 Å². The lowest BCUT2D eigenvalue weighted by atomic mass is 9.95. The fourth-order valence-electron chi connectivity index (χ4n) is 3.15. The second-order valence-electron chi connectivity index (χ2n) is 6.17. The molecule has 2 aromatic rings. The lowest BCUT2D eigenvalue weighted by molar-refractivity contribution is -0.125. The van der Waals surface area contributed by atoms with Gasteiger partial charge in [-0.15, -0.1) is 0 Å². The number of furan rings is 1. The van der Waals surface area contributed by atoms with E-state index in [1.54, 1.807) is 17.7 Å². The van der Waals surface area contributed by atoms with Crippen LogP contribution < -0.4 is 5.32 Å². The van der Waals surface area contributed by atoms with Gasteiger partial charge in [0.2, 0.25) is 0 Å². The normalized spacial score (nSPS) is 15.7. The standard InChI is InChI=1S/C17H22N2O4/c1-11-8-13-15(23-11)9-14(19(13)2)17(21)22-10-16(20)18-12-6-4-3-5-7-12/h8-9,12H,3-7,10H2,1-2H3,(H,18,20). The van der Waals surface area contributed by atoms with E-state index in [1.807, 2.05) is 13.0 Å². The highest BCUT2D eigenvalue weighted by atomic mass is 16.5. The van der Waals surface area contributed by atoms with E-state index >= 15 is 0 Å². The molecule has 0 saturated heterocycles. The van der Waals surface area contributed by atoms with Crippen LogP contribution in [0.1, 0.15) is 48.4 Å². The summed E-state index contributed by atoms with van der Waals surface area (Å²) in [5.74, 6) is 0.0340. The molecule has 3 rings (SSSR count). The molecule has 23 heavy (non-hydrogen) atoms. The molecule has 0 atom stereocenters. The Labute approximate surface area is 134 Å². The maximum absolute atomic E-state index is 12.1. The van der Waals surface area contributed by atoms with Gasteiger partial charge in [0.1, 0.15) is 11.5 Å². The Morgan fingerprint density at radius 3 is 2.74 bits per heavy atom. The minimum absolute atomic E-state index is 0.218. The van der Waals surface area contributed by atoms with Crippen LogP contribution in [0.3, 0.4) is 0 Å². The molecule has 1 amide bonds. The van der Waals surface area contributed by atoms with Crippen LogP contribution in [-0.2, 0) is 16.6 Å². The number of aryl methyl sites for hydroxylation is 2. The Balaban J connectivity index is 1.56. The second-order valence-corrected chi connectivity index (χ2v) is 6.17. The smallest absolute Gasteiger partial charge is 0.355 e. The van der Waals surface area contributed by atoms with Gasteiger partial charge in [-0.25, -0.2) is 4.79 Å². The van der Waals surface area contributed by atoms with E-state index in [1.165, 1.54) is 6.42 Å². The van der Waals surface area contributed by atoms with Crippen molar-refractivity contribution < 1.29 is 18.7 Å². The Bertz CT molecular complexity index is 722. The van der Waals surface area contributed by atoms with Crippen LogP contribution in [0.25, 0.3) is 11.1 Å². The van der Waals surface area contributed by atoms with Crippen molar-refractivity contribution in [3.8, 4) is 0 Å². The number of carbonyl (C=O) groups is 2. The van der Waals surface area contributed by atoms with Gasteiger partial charge < -0.3 is 19.0 Å². The number of hydrogen-bond acceptors (Lipinski definition) is 4. The first-order valence-corrected chi connectivity index (χ1v) is 8.07. The molecule has 1 fully saturated rings. The molecule has 0 radical (unpaired) electrons. The van der Waals surface area contributed by atoms with Gasteiger partial charge in [-0.3, -0.25) is 4.79 Å². The predicted octanol–water partition coefficient (Wildman–Crippen LogP) is 2.69. The summed E-state index contributed by atoms with van der Waals surface area (Å²) >= 11 is 0. The van der Waals surface area contributed by atoms with E-state index in [0.717, 1.165) is 37.0 Å². The number of rotatable bonds is 4. The molecule has 2 aromatic heterocycles. The van der Waals surface area contributed by atoms with Gasteiger partial charge in [0.05, 0.1) is 5.52 Å². The summed E-state index contributed by atoms with van der Waals surface area (Å²) in [6, 6.07) is 3.72. The van der Waals surface area contributed by atoms with Gasteiger partial charge >= 0.3 is 5.97 Å². The number of aromatic nitrogens is 1. The average Bonchev–Trinajstić information content (AvgIpc) is 3.04. The van der Waals surface area contributed by atoms with Crippen molar-refractivity contribution in [3.63, 3.8) is 0 Å². The fraction of sp³-hybridized carbons (Fsp3) is 0.529. The maximum atomic E-state index is 12.1. The zero-order valence-electron chi connectivity index (χ0n) is 13.6. The number of carbonyl (C=O) groups excluding carboxylic acids is 2. The van der Waals surface area contributed by atoms with E-state index < -0.39 is 5.97 Å². The van der Waals surface area contributed by atoms with Crippen molar-refractivity contribution in [2.24, 2.45) is 7.05 Å². The summed E-state index contributed by atoms with van der Waals surface area (Å²) in [4.78, 5) is 24.0. The van der Waals surface area contributed by atoms with Crippen molar-refractivity contribution in [1.29, 1.82) is 0 Å². The Kier molecular flexibility index (Phi) is 4.41. The molecule has 6 heteroatoms. The average molecular weight is 318 g/mol. The molecule has 1 saturated carbocycles. The van der Waals surface area contributed by atoms with E-state index in [0.29, 0.717) is 11.3 Å². The maximum Gasteiger partial charge on any atom is 0.355 e. The van der Waals surface area contributed by atoms with Crippen LogP contribution in [0.5, 0.6) is 0 Å². The van der Waals surface area contributed by atoms with E-state index in [2.05, 4.69) is 5.32 Å². The van der Waals surface area contributed by atoms with Gasteiger partial charge in [-0.05, 0) is 19.8 Å². The molecular formula is C17H22N2O4. The third kappa shape index (κ3) is 3.41. The monoisotopic (exact) mass is 318 g/mol. The number of ether oxygens (including phenoxy) is 1. The van der Waals surface area contributed by atoms with Crippen LogP contribution in [0.4, 0.5) is 0 Å². The lowest BCUT2D eigenvalue weighted by Gasteiger charge is -2.22. The highest BCUT2D eigenvalue weighted by molar-refractivity contribution is 5.95. The minimum Gasteiger partial charge on any atom is -0.460 e. The first kappa shape index (κ1) is 15.6. The minimum atomic E-state index is -0.518. The van der Waals surface area contributed by atoms with Crippen molar-refractivity contribution in [1.82, 2.24) is 9.88 Å². The molecule has 124 valence electrons. The summed E-state index contributed by atoms with van der Waals surface area (Å²) in [5, 5.41) is 2.93. The second kappa shape index (κ2) is 6.48. The van der Waals surface area contributed by atoms with Crippen LogP contribution in [0.15, 0.2) is 16.5 Å². The zero-order valence-corrected chi connectivity index (χ0v) is 13.6. The molecule has 0 unspecified atom stereocenters. The Morgan fingerprint density at radius 1 is 1.30 bits per heavy atom. The highest BCUT2D eigenvalue weighted by Gasteiger charge is 2.20. The first-order valence-electron chi connectivity index (χ1n) is 8.07. The Morgan fingerprint density at radius 2 is 2.04 bits per heavy atom. The van der Waals surface area contributed by atoms with Crippen molar-refractivity contribution in [2.45, 2.75) is 45.1 Å². The number of nitrogens with zero attached hydrogens (tertiary/aromatic N) is 1. The molecule has 1 N–H and O–H groups in total. The number of amides is 1. The van der Waals surface area contributed by atoms with E-state index in [-0.39, 0.29) is 18.6 Å². The summed E-state index contributed by atoms with van der Waals surface area (Å²) in [7, 11) is 1.77. The summed E-state index contributed by atoms with van der Waals surface area (Å²) in [5.41, 5.74) is 1.86. The zero-order chi connectivity index (χ0) is 16.4. The number of esters is 1. The third-order valence-electron chi connectivity index (χ3n) is 4.37. The fourth-order valence-corrected chi connectivity index (χ4v) is 3.15. The number of nitrogens with one attached hydrogen (secondary N) is 1. The number of fused-ring (bicyclic) bond motifs is 1. The van der Waals surface area contributed by atoms with Crippen LogP contribution in [0, 0.1) is 6.92 Å². The first-order chi connectivity index (χ1) is 11.0. The van der Waals surface area contributed by atoms with Crippen LogP contribution in [-0.4, -0.2) is 29.1 Å². The largest absolute Gasteiger partial charge is 0.460 e. The molecule has 1 aliphatic rings. The van der Waals surface area contributed by atoms with Gasteiger partial charge in [0.15, 0.2) is 12.2 Å². The molecule has 0 bridgehead atoms. The van der Waals surface area contributed by atoms with Crippen LogP contribution >= 0.6 is 0 Å². The summed E-state index contributed by atoms with van der Waals surface area (Å²) < 4.78 is 12.3. The molecule has 0 aromatic carbocycles. The Hall–Kier alpha value is -2.24. The summed E-state index contributed by atoms with van der Waals surface area (Å²) in [6.07, 6.45) is 5.54. The van der Waals surface area contributed by atoms with Crippen molar-refractivity contribution in [2.75, 3.05) is 6.61 Å². The van der Waals surface area contributed by atoms with Gasteiger partial charge in [0.25, 0.3) is 5.91 Å². The topological polar surface area (TPSA) is 73.5 Å². The van der Waals surface area contributed by atoms with Gasteiger partial charge in [-0.1, -0.05) is 19.3 Å². The lowest BCUT2D eigenvalue weighted by Crippen LogP contribution is -2.38. The third-order valence-corrected chi connectivity index (χ3v) is 4.37. The molecule has 2 heterocycles. The quantitative estimate of drug-likeness (QED) is 0.880. The van der Waals surface area contributed by atoms with Gasteiger partial charge in [-0.2, -0.15) is 0 Å². The van der Waals surface area contributed by atoms with Gasteiger partial charge in [0, 0.05) is 25.2 Å². The van der Waals surface area contributed by atoms with Crippen molar-refractivity contribution >= 4 is 23.0 Å². The highest BCUT2D eigenvalue weighted by Crippen LogP contribution is 2.23. The molecule has 0 aliphatic heterocycles. The van der Waals surface area contributed by atoms with Crippen LogP contribution in [0.2, 0.25) is 0 Å². The number of hydrogen-bond donors (Lipinski definition) is 1. The molecular weight excluding hydrogens is 296 g/mol. The molecule has 0 spiro atoms. The summed E-state index contributed by atoms with van der Waals surface area (Å²) in [6.45, 7) is 1.61. The SMILES string of the molecule is Cc1cc2c(cc(C(=O)OCC(=O)NC3CCCCC3)n2C)o1.